The fraction of sp³-hybridized carbons (Fsp3) is 0.455. The first-order valence-electron chi connectivity index (χ1n) is 9.39. The number of nitrogens with zero attached hydrogens (tertiary/aromatic N) is 1. The number of piperidine rings is 1. The molecular formula is C22H30N2O. The third-order valence-corrected chi connectivity index (χ3v) is 5.13. The van der Waals surface area contributed by atoms with Crippen LogP contribution in [0.15, 0.2) is 60.7 Å². The van der Waals surface area contributed by atoms with Crippen molar-refractivity contribution in [2.45, 2.75) is 45.0 Å². The molecule has 1 fully saturated rings. The third kappa shape index (κ3) is 4.91. The maximum Gasteiger partial charge on any atom is 0.0820 e. The maximum absolute atomic E-state index is 10.7. The molecule has 25 heavy (non-hydrogen) atoms. The van der Waals surface area contributed by atoms with Crippen molar-refractivity contribution in [3.05, 3.63) is 71.8 Å². The summed E-state index contributed by atoms with van der Waals surface area (Å²) in [5.74, 6) is 0.483. The zero-order chi connectivity index (χ0) is 17.6. The van der Waals surface area contributed by atoms with Gasteiger partial charge < -0.3 is 10.4 Å². The van der Waals surface area contributed by atoms with E-state index in [1.54, 1.807) is 0 Å². The molecule has 1 aliphatic heterocycles. The zero-order valence-electron chi connectivity index (χ0n) is 15.3. The van der Waals surface area contributed by atoms with Crippen molar-refractivity contribution in [3.63, 3.8) is 0 Å². The average Bonchev–Trinajstić information content (AvgIpc) is 2.62. The lowest BCUT2D eigenvalue weighted by Gasteiger charge is -2.39. The van der Waals surface area contributed by atoms with Crippen molar-refractivity contribution in [2.24, 2.45) is 5.92 Å². The SMILES string of the molecule is CC(C)C(N[C@@H]1CCN(Cc2ccccc2)C[C@H]1O)c1ccccc1. The van der Waals surface area contributed by atoms with Crippen LogP contribution in [0.3, 0.4) is 0 Å². The summed E-state index contributed by atoms with van der Waals surface area (Å²) in [5, 5.41) is 14.4. The van der Waals surface area contributed by atoms with Gasteiger partial charge in [0.05, 0.1) is 6.10 Å². The first-order chi connectivity index (χ1) is 12.1. The minimum absolute atomic E-state index is 0.152. The van der Waals surface area contributed by atoms with Crippen LogP contribution >= 0.6 is 0 Å². The first-order valence-corrected chi connectivity index (χ1v) is 9.39. The Morgan fingerprint density at radius 2 is 1.68 bits per heavy atom. The molecule has 2 aromatic carbocycles. The summed E-state index contributed by atoms with van der Waals surface area (Å²) in [5.41, 5.74) is 2.61. The molecule has 1 aliphatic rings. The van der Waals surface area contributed by atoms with Gasteiger partial charge in [-0.15, -0.1) is 0 Å². The molecule has 0 radical (unpaired) electrons. The van der Waals surface area contributed by atoms with Crippen LogP contribution in [-0.4, -0.2) is 35.2 Å². The molecule has 0 amide bonds. The van der Waals surface area contributed by atoms with Crippen molar-refractivity contribution < 1.29 is 5.11 Å². The fourth-order valence-electron chi connectivity index (χ4n) is 3.74. The molecule has 1 saturated heterocycles. The number of nitrogens with one attached hydrogen (secondary N) is 1. The van der Waals surface area contributed by atoms with Gasteiger partial charge in [-0.3, -0.25) is 4.90 Å². The number of likely N-dealkylation sites (tertiary alicyclic amines) is 1. The van der Waals surface area contributed by atoms with Crippen LogP contribution < -0.4 is 5.32 Å². The molecule has 0 bridgehead atoms. The monoisotopic (exact) mass is 338 g/mol. The summed E-state index contributed by atoms with van der Waals surface area (Å²) in [6.07, 6.45) is 0.645. The summed E-state index contributed by atoms with van der Waals surface area (Å²) in [6, 6.07) is 21.5. The zero-order valence-corrected chi connectivity index (χ0v) is 15.3. The van der Waals surface area contributed by atoms with E-state index in [1.165, 1.54) is 11.1 Å². The molecule has 3 rings (SSSR count). The maximum atomic E-state index is 10.7. The summed E-state index contributed by atoms with van der Waals surface area (Å²) in [4.78, 5) is 2.35. The number of β-amino-alcohol motifs (C(OH)–C–C–N with tert-alkyl or cyclic N) is 1. The standard InChI is InChI=1S/C22H30N2O/c1-17(2)22(19-11-7-4-8-12-19)23-20-13-14-24(16-21(20)25)15-18-9-5-3-6-10-18/h3-12,17,20-23,25H,13-16H2,1-2H3/t20-,21-,22?/m1/s1. The summed E-state index contributed by atoms with van der Waals surface area (Å²) in [7, 11) is 0. The topological polar surface area (TPSA) is 35.5 Å². The Kier molecular flexibility index (Phi) is 6.24. The van der Waals surface area contributed by atoms with E-state index in [4.69, 9.17) is 0 Å². The highest BCUT2D eigenvalue weighted by Crippen LogP contribution is 2.24. The lowest BCUT2D eigenvalue weighted by molar-refractivity contribution is 0.0305. The van der Waals surface area contributed by atoms with Crippen LogP contribution in [-0.2, 0) is 6.54 Å². The van der Waals surface area contributed by atoms with Crippen LogP contribution in [0.1, 0.15) is 37.4 Å². The Bertz CT molecular complexity index is 629. The van der Waals surface area contributed by atoms with Gasteiger partial charge in [-0.05, 0) is 23.5 Å². The van der Waals surface area contributed by atoms with Crippen molar-refractivity contribution >= 4 is 0 Å². The smallest absolute Gasteiger partial charge is 0.0820 e. The second kappa shape index (κ2) is 8.61. The van der Waals surface area contributed by atoms with E-state index in [0.29, 0.717) is 5.92 Å². The van der Waals surface area contributed by atoms with Gasteiger partial charge in [0.25, 0.3) is 0 Å². The van der Waals surface area contributed by atoms with E-state index >= 15 is 0 Å². The summed E-state index contributed by atoms with van der Waals surface area (Å²) >= 11 is 0. The Labute approximate surface area is 151 Å². The van der Waals surface area contributed by atoms with Crippen LogP contribution in [0.25, 0.3) is 0 Å². The fourth-order valence-corrected chi connectivity index (χ4v) is 3.74. The van der Waals surface area contributed by atoms with Gasteiger partial charge in [-0.2, -0.15) is 0 Å². The van der Waals surface area contributed by atoms with Gasteiger partial charge in [-0.1, -0.05) is 74.5 Å². The summed E-state index contributed by atoms with van der Waals surface area (Å²) in [6.45, 7) is 7.13. The van der Waals surface area contributed by atoms with Crippen molar-refractivity contribution in [1.82, 2.24) is 10.2 Å². The number of benzene rings is 2. The molecule has 3 atom stereocenters. The van der Waals surface area contributed by atoms with Crippen LogP contribution in [0.5, 0.6) is 0 Å². The van der Waals surface area contributed by atoms with E-state index in [-0.39, 0.29) is 18.2 Å². The highest BCUT2D eigenvalue weighted by molar-refractivity contribution is 5.20. The number of hydrogen-bond donors (Lipinski definition) is 2. The van der Waals surface area contributed by atoms with Gasteiger partial charge in [-0.25, -0.2) is 0 Å². The minimum atomic E-state index is -0.331. The highest BCUT2D eigenvalue weighted by atomic mass is 16.3. The third-order valence-electron chi connectivity index (χ3n) is 5.13. The number of hydrogen-bond acceptors (Lipinski definition) is 3. The first kappa shape index (κ1) is 18.1. The van der Waals surface area contributed by atoms with E-state index in [9.17, 15) is 5.11 Å². The van der Waals surface area contributed by atoms with Gasteiger partial charge in [0.2, 0.25) is 0 Å². The van der Waals surface area contributed by atoms with Gasteiger partial charge in [0.15, 0.2) is 0 Å². The van der Waals surface area contributed by atoms with Gasteiger partial charge in [0, 0.05) is 31.7 Å². The van der Waals surface area contributed by atoms with Gasteiger partial charge >= 0.3 is 0 Å². The predicted molar refractivity (Wildman–Crippen MR) is 103 cm³/mol. The molecule has 0 aromatic heterocycles. The molecule has 0 spiro atoms. The Hall–Kier alpha value is -1.68. The normalized spacial score (nSPS) is 22.9. The Morgan fingerprint density at radius 1 is 1.04 bits per heavy atom. The van der Waals surface area contributed by atoms with Gasteiger partial charge in [0.1, 0.15) is 0 Å². The van der Waals surface area contributed by atoms with E-state index in [0.717, 1.165) is 26.1 Å². The largest absolute Gasteiger partial charge is 0.390 e. The second-order valence-corrected chi connectivity index (χ2v) is 7.48. The Morgan fingerprint density at radius 3 is 2.28 bits per heavy atom. The molecule has 2 N–H and O–H groups in total. The van der Waals surface area contributed by atoms with Crippen LogP contribution in [0, 0.1) is 5.92 Å². The van der Waals surface area contributed by atoms with Crippen LogP contribution in [0.4, 0.5) is 0 Å². The molecule has 3 nitrogen and oxygen atoms in total. The molecule has 1 unspecified atom stereocenters. The molecule has 134 valence electrons. The Balaban J connectivity index is 1.59. The number of aliphatic hydroxyl groups excluding tert-OH is 1. The molecule has 3 heteroatoms. The quantitative estimate of drug-likeness (QED) is 0.845. The molecule has 1 heterocycles. The molecule has 0 saturated carbocycles. The molecule has 0 aliphatic carbocycles. The average molecular weight is 338 g/mol. The van der Waals surface area contributed by atoms with Crippen molar-refractivity contribution in [2.75, 3.05) is 13.1 Å². The van der Waals surface area contributed by atoms with Crippen LogP contribution in [0.2, 0.25) is 0 Å². The molecule has 2 aromatic rings. The summed E-state index contributed by atoms with van der Waals surface area (Å²) < 4.78 is 0. The van der Waals surface area contributed by atoms with Crippen molar-refractivity contribution in [1.29, 1.82) is 0 Å². The minimum Gasteiger partial charge on any atom is -0.390 e. The second-order valence-electron chi connectivity index (χ2n) is 7.48. The molecular weight excluding hydrogens is 308 g/mol. The van der Waals surface area contributed by atoms with E-state index in [1.807, 2.05) is 6.07 Å². The number of rotatable bonds is 6. The highest BCUT2D eigenvalue weighted by Gasteiger charge is 2.30. The van der Waals surface area contributed by atoms with E-state index < -0.39 is 0 Å². The van der Waals surface area contributed by atoms with Crippen molar-refractivity contribution in [3.8, 4) is 0 Å². The lowest BCUT2D eigenvalue weighted by atomic mass is 9.92. The predicted octanol–water partition coefficient (Wildman–Crippen LogP) is 3.61. The van der Waals surface area contributed by atoms with E-state index in [2.05, 4.69) is 78.7 Å². The number of aliphatic hydroxyl groups is 1. The lowest BCUT2D eigenvalue weighted by Crippen LogP contribution is -2.53.